The van der Waals surface area contributed by atoms with Gasteiger partial charge >= 0.3 is 0 Å². The summed E-state index contributed by atoms with van der Waals surface area (Å²) in [6, 6.07) is 1.27. The summed E-state index contributed by atoms with van der Waals surface area (Å²) >= 11 is 0. The number of hydrogen-bond donors (Lipinski definition) is 3. The molecule has 1 aliphatic heterocycles. The Morgan fingerprint density at radius 3 is 2.40 bits per heavy atom. The fraction of sp³-hybridized carbons (Fsp3) is 0.542. The molecule has 1 unspecified atom stereocenters. The number of nitrogens with zero attached hydrogens (tertiary/aromatic N) is 4. The van der Waals surface area contributed by atoms with E-state index in [4.69, 9.17) is 4.74 Å². The average molecular weight is 491 g/mol. The van der Waals surface area contributed by atoms with E-state index in [2.05, 4.69) is 25.6 Å². The summed E-state index contributed by atoms with van der Waals surface area (Å²) in [5.41, 5.74) is -0.215. The lowest BCUT2D eigenvalue weighted by atomic mass is 9.77. The number of rotatable bonds is 6. The van der Waals surface area contributed by atoms with Crippen molar-refractivity contribution >= 4 is 28.7 Å². The van der Waals surface area contributed by atoms with Crippen LogP contribution in [-0.2, 0) is 4.74 Å². The SMILES string of the molecule is CC(C)(O)[C@H]1CC[C@H](Nc2ncc3nc(Nc4c(F)cc(F)cc4F)n(C4CCOC4)c3n2)CC1. The minimum Gasteiger partial charge on any atom is -0.390 e. The largest absolute Gasteiger partial charge is 0.390 e. The van der Waals surface area contributed by atoms with Crippen molar-refractivity contribution < 1.29 is 23.0 Å². The standard InChI is InChI=1S/C24H29F3N6O2/c1-24(2,34)13-3-5-15(6-4-13)29-22-28-11-19-21(32-22)33(16-7-8-35-12-16)23(30-19)31-20-17(26)9-14(25)10-18(20)27/h9-11,13,15-16,34H,3-8,12H2,1-2H3,(H,30,31)(H,28,29,32)/t13-,15-,16?. The van der Waals surface area contributed by atoms with E-state index in [0.29, 0.717) is 48.9 Å². The summed E-state index contributed by atoms with van der Waals surface area (Å²) in [6.07, 6.45) is 5.85. The Morgan fingerprint density at radius 2 is 1.77 bits per heavy atom. The van der Waals surface area contributed by atoms with Gasteiger partial charge in [0, 0.05) is 24.8 Å². The minimum atomic E-state index is -1.06. The van der Waals surface area contributed by atoms with Crippen molar-refractivity contribution in [3.8, 4) is 0 Å². The van der Waals surface area contributed by atoms with Crippen LogP contribution in [0, 0.1) is 23.4 Å². The van der Waals surface area contributed by atoms with Gasteiger partial charge in [-0.15, -0.1) is 0 Å². The molecule has 8 nitrogen and oxygen atoms in total. The zero-order valence-corrected chi connectivity index (χ0v) is 19.7. The van der Waals surface area contributed by atoms with Crippen LogP contribution in [0.2, 0.25) is 0 Å². The van der Waals surface area contributed by atoms with Gasteiger partial charge in [0.05, 0.1) is 24.4 Å². The third-order valence-electron chi connectivity index (χ3n) is 7.01. The Hall–Kier alpha value is -2.92. The molecule has 5 rings (SSSR count). The number of halogens is 3. The molecule has 35 heavy (non-hydrogen) atoms. The molecule has 3 aromatic rings. The smallest absolute Gasteiger partial charge is 0.224 e. The zero-order valence-electron chi connectivity index (χ0n) is 19.7. The molecule has 11 heteroatoms. The maximum absolute atomic E-state index is 14.3. The molecule has 2 fully saturated rings. The lowest BCUT2D eigenvalue weighted by Gasteiger charge is -2.36. The predicted molar refractivity (Wildman–Crippen MR) is 125 cm³/mol. The Kier molecular flexibility index (Phi) is 6.30. The van der Waals surface area contributed by atoms with Gasteiger partial charge in [-0.1, -0.05) is 0 Å². The maximum Gasteiger partial charge on any atom is 0.224 e. The second-order valence-corrected chi connectivity index (χ2v) is 9.94. The molecule has 2 aliphatic rings. The Labute approximate surface area is 200 Å². The van der Waals surface area contributed by atoms with Crippen LogP contribution in [-0.4, -0.2) is 49.5 Å². The normalized spacial score (nSPS) is 23.1. The molecule has 1 saturated heterocycles. The Bertz CT molecular complexity index is 1190. The molecule has 0 amide bonds. The van der Waals surface area contributed by atoms with Crippen molar-refractivity contribution in [3.05, 3.63) is 35.8 Å². The molecular weight excluding hydrogens is 461 g/mol. The Balaban J connectivity index is 1.44. The first-order valence-electron chi connectivity index (χ1n) is 11.9. The highest BCUT2D eigenvalue weighted by Gasteiger charge is 2.32. The van der Waals surface area contributed by atoms with Crippen LogP contribution in [0.5, 0.6) is 0 Å². The van der Waals surface area contributed by atoms with Gasteiger partial charge in [-0.2, -0.15) is 4.98 Å². The van der Waals surface area contributed by atoms with Crippen molar-refractivity contribution in [1.82, 2.24) is 19.5 Å². The fourth-order valence-corrected chi connectivity index (χ4v) is 5.02. The third kappa shape index (κ3) is 4.92. The first-order chi connectivity index (χ1) is 16.7. The van der Waals surface area contributed by atoms with Crippen LogP contribution in [0.15, 0.2) is 18.3 Å². The molecule has 0 radical (unpaired) electrons. The molecule has 1 atom stereocenters. The first-order valence-corrected chi connectivity index (χ1v) is 11.9. The molecule has 3 N–H and O–H groups in total. The van der Waals surface area contributed by atoms with Gasteiger partial charge in [0.1, 0.15) is 17.0 Å². The number of benzene rings is 1. The number of imidazole rings is 1. The monoisotopic (exact) mass is 490 g/mol. The van der Waals surface area contributed by atoms with Gasteiger partial charge < -0.3 is 20.5 Å². The summed E-state index contributed by atoms with van der Waals surface area (Å²) in [4.78, 5) is 13.6. The minimum absolute atomic E-state index is 0.140. The summed E-state index contributed by atoms with van der Waals surface area (Å²) in [7, 11) is 0. The second-order valence-electron chi connectivity index (χ2n) is 9.94. The number of aromatic nitrogens is 4. The van der Waals surface area contributed by atoms with E-state index in [0.717, 1.165) is 25.7 Å². The van der Waals surface area contributed by atoms with Crippen LogP contribution in [0.25, 0.3) is 11.2 Å². The summed E-state index contributed by atoms with van der Waals surface area (Å²) in [5, 5.41) is 16.4. The first kappa shape index (κ1) is 23.8. The van der Waals surface area contributed by atoms with E-state index in [9.17, 15) is 18.3 Å². The predicted octanol–water partition coefficient (Wildman–Crippen LogP) is 4.69. The highest BCUT2D eigenvalue weighted by molar-refractivity contribution is 5.76. The van der Waals surface area contributed by atoms with E-state index in [-0.39, 0.29) is 23.9 Å². The van der Waals surface area contributed by atoms with E-state index >= 15 is 0 Å². The Morgan fingerprint density at radius 1 is 1.06 bits per heavy atom. The number of anilines is 3. The maximum atomic E-state index is 14.3. The van der Waals surface area contributed by atoms with Crippen molar-refractivity contribution in [1.29, 1.82) is 0 Å². The van der Waals surface area contributed by atoms with Crippen molar-refractivity contribution in [2.45, 2.75) is 63.6 Å². The topological polar surface area (TPSA) is 97.1 Å². The number of fused-ring (bicyclic) bond motifs is 1. The second kappa shape index (κ2) is 9.27. The summed E-state index contributed by atoms with van der Waals surface area (Å²) in [6.45, 7) is 4.66. The van der Waals surface area contributed by atoms with E-state index in [1.807, 2.05) is 13.8 Å². The molecule has 1 aliphatic carbocycles. The zero-order chi connectivity index (χ0) is 24.7. The fourth-order valence-electron chi connectivity index (χ4n) is 5.02. The highest BCUT2D eigenvalue weighted by atomic mass is 19.1. The molecule has 1 aromatic carbocycles. The third-order valence-corrected chi connectivity index (χ3v) is 7.01. The van der Waals surface area contributed by atoms with E-state index in [1.165, 1.54) is 0 Å². The van der Waals surface area contributed by atoms with Gasteiger partial charge in [-0.25, -0.2) is 23.1 Å². The van der Waals surface area contributed by atoms with Crippen LogP contribution in [0.1, 0.15) is 52.0 Å². The quantitative estimate of drug-likeness (QED) is 0.461. The molecule has 2 aromatic heterocycles. The molecule has 188 valence electrons. The van der Waals surface area contributed by atoms with E-state index < -0.39 is 28.7 Å². The molecule has 3 heterocycles. The molecule has 1 saturated carbocycles. The van der Waals surface area contributed by atoms with Crippen molar-refractivity contribution in [3.63, 3.8) is 0 Å². The van der Waals surface area contributed by atoms with Gasteiger partial charge in [0.15, 0.2) is 17.3 Å². The lowest BCUT2D eigenvalue weighted by Crippen LogP contribution is -2.37. The molecule has 0 bridgehead atoms. The number of nitrogens with one attached hydrogen (secondary N) is 2. The van der Waals surface area contributed by atoms with Gasteiger partial charge in [0.2, 0.25) is 11.9 Å². The summed E-state index contributed by atoms with van der Waals surface area (Å²) in [5.74, 6) is -2.24. The lowest BCUT2D eigenvalue weighted by molar-refractivity contribution is -0.000415. The van der Waals surface area contributed by atoms with Gasteiger partial charge in [0.25, 0.3) is 0 Å². The number of aliphatic hydroxyl groups is 1. The molecule has 0 spiro atoms. The van der Waals surface area contributed by atoms with Crippen LogP contribution >= 0.6 is 0 Å². The molecular formula is C24H29F3N6O2. The van der Waals surface area contributed by atoms with Crippen LogP contribution in [0.4, 0.5) is 30.8 Å². The van der Waals surface area contributed by atoms with Gasteiger partial charge in [-0.3, -0.25) is 4.57 Å². The number of ether oxygens (including phenoxy) is 1. The number of hydrogen-bond acceptors (Lipinski definition) is 7. The van der Waals surface area contributed by atoms with Crippen LogP contribution < -0.4 is 10.6 Å². The summed E-state index contributed by atoms with van der Waals surface area (Å²) < 4.78 is 49.3. The average Bonchev–Trinajstić information content (AvgIpc) is 3.43. The van der Waals surface area contributed by atoms with Crippen LogP contribution in [0.3, 0.4) is 0 Å². The highest BCUT2D eigenvalue weighted by Crippen LogP contribution is 2.35. The van der Waals surface area contributed by atoms with E-state index in [1.54, 1.807) is 10.8 Å². The van der Waals surface area contributed by atoms with Gasteiger partial charge in [-0.05, 0) is 51.9 Å². The van der Waals surface area contributed by atoms with Crippen molar-refractivity contribution in [2.75, 3.05) is 23.8 Å². The van der Waals surface area contributed by atoms with Crippen molar-refractivity contribution in [2.24, 2.45) is 5.92 Å².